The second-order valence-electron chi connectivity index (χ2n) is 5.86. The fraction of sp³-hybridized carbons (Fsp3) is 0.211. The van der Waals surface area contributed by atoms with Gasteiger partial charge < -0.3 is 15.0 Å². The third-order valence-corrected chi connectivity index (χ3v) is 4.95. The number of thiazole rings is 1. The molecule has 4 rings (SSSR count). The highest BCUT2D eigenvalue weighted by molar-refractivity contribution is 7.12. The number of hydrogen-bond donors (Lipinski definition) is 1. The summed E-state index contributed by atoms with van der Waals surface area (Å²) < 4.78 is 5.35. The van der Waals surface area contributed by atoms with E-state index in [-0.39, 0.29) is 5.91 Å². The van der Waals surface area contributed by atoms with Crippen LogP contribution in [0.3, 0.4) is 0 Å². The van der Waals surface area contributed by atoms with Gasteiger partial charge in [-0.15, -0.1) is 11.3 Å². The molecule has 3 heterocycles. The predicted octanol–water partition coefficient (Wildman–Crippen LogP) is 3.29. The van der Waals surface area contributed by atoms with Gasteiger partial charge in [0.05, 0.1) is 30.8 Å². The monoisotopic (exact) mass is 366 g/mol. The van der Waals surface area contributed by atoms with Crippen molar-refractivity contribution in [3.8, 4) is 11.3 Å². The topological polar surface area (TPSA) is 67.4 Å². The van der Waals surface area contributed by atoms with Gasteiger partial charge in [-0.05, 0) is 12.1 Å². The molecule has 1 N–H and O–H groups in total. The third kappa shape index (κ3) is 3.74. The summed E-state index contributed by atoms with van der Waals surface area (Å²) in [5.74, 6) is 0.671. The Morgan fingerprint density at radius 2 is 1.92 bits per heavy atom. The number of benzene rings is 1. The third-order valence-electron chi connectivity index (χ3n) is 4.11. The van der Waals surface area contributed by atoms with Gasteiger partial charge in [0.2, 0.25) is 0 Å². The highest BCUT2D eigenvalue weighted by Crippen LogP contribution is 2.22. The van der Waals surface area contributed by atoms with Gasteiger partial charge in [-0.1, -0.05) is 30.3 Å². The molecule has 1 fully saturated rings. The molecule has 0 unspecified atom stereocenters. The van der Waals surface area contributed by atoms with E-state index >= 15 is 0 Å². The van der Waals surface area contributed by atoms with E-state index in [2.05, 4.69) is 20.2 Å². The molecule has 2 aromatic heterocycles. The molecule has 0 radical (unpaired) electrons. The van der Waals surface area contributed by atoms with E-state index in [0.29, 0.717) is 23.9 Å². The molecule has 1 aliphatic rings. The summed E-state index contributed by atoms with van der Waals surface area (Å²) >= 11 is 1.33. The molecule has 132 valence electrons. The number of ether oxygens (including phenoxy) is 1. The summed E-state index contributed by atoms with van der Waals surface area (Å²) in [6.07, 6.45) is 1.68. The normalized spacial score (nSPS) is 14.2. The van der Waals surface area contributed by atoms with Crippen molar-refractivity contribution in [3.05, 3.63) is 59.0 Å². The highest BCUT2D eigenvalue weighted by Gasteiger charge is 2.14. The minimum absolute atomic E-state index is 0.224. The van der Waals surface area contributed by atoms with Gasteiger partial charge >= 0.3 is 0 Å². The number of aromatic nitrogens is 2. The predicted molar refractivity (Wildman–Crippen MR) is 103 cm³/mol. The van der Waals surface area contributed by atoms with E-state index in [1.807, 2.05) is 47.8 Å². The van der Waals surface area contributed by atoms with Gasteiger partial charge in [-0.3, -0.25) is 4.79 Å². The lowest BCUT2D eigenvalue weighted by Gasteiger charge is -2.27. The van der Waals surface area contributed by atoms with Crippen LogP contribution in [0.1, 0.15) is 9.80 Å². The fourth-order valence-corrected chi connectivity index (χ4v) is 3.46. The molecular weight excluding hydrogens is 348 g/mol. The van der Waals surface area contributed by atoms with Crippen molar-refractivity contribution in [3.63, 3.8) is 0 Å². The molecule has 1 aliphatic heterocycles. The van der Waals surface area contributed by atoms with E-state index in [0.717, 1.165) is 30.2 Å². The van der Waals surface area contributed by atoms with Crippen LogP contribution in [0.15, 0.2) is 54.0 Å². The van der Waals surface area contributed by atoms with Crippen molar-refractivity contribution in [2.24, 2.45) is 0 Å². The zero-order valence-electron chi connectivity index (χ0n) is 14.1. The fourth-order valence-electron chi connectivity index (χ4n) is 2.74. The van der Waals surface area contributed by atoms with Crippen LogP contribution < -0.4 is 10.2 Å². The molecule has 0 saturated carbocycles. The maximum absolute atomic E-state index is 12.4. The largest absolute Gasteiger partial charge is 0.378 e. The maximum Gasteiger partial charge on any atom is 0.284 e. The van der Waals surface area contributed by atoms with Crippen molar-refractivity contribution in [2.45, 2.75) is 0 Å². The Hall–Kier alpha value is -2.77. The number of nitrogens with one attached hydrogen (secondary N) is 1. The van der Waals surface area contributed by atoms with Crippen molar-refractivity contribution >= 4 is 28.7 Å². The molecule has 0 spiro atoms. The Morgan fingerprint density at radius 1 is 1.12 bits per heavy atom. The van der Waals surface area contributed by atoms with Crippen LogP contribution >= 0.6 is 11.3 Å². The first-order chi connectivity index (χ1) is 12.8. The Balaban J connectivity index is 1.42. The van der Waals surface area contributed by atoms with Gasteiger partial charge in [0.15, 0.2) is 5.01 Å². The van der Waals surface area contributed by atoms with Crippen LogP contribution in [-0.4, -0.2) is 42.2 Å². The van der Waals surface area contributed by atoms with Crippen LogP contribution in [-0.2, 0) is 4.74 Å². The van der Waals surface area contributed by atoms with Gasteiger partial charge in [0.1, 0.15) is 5.82 Å². The van der Waals surface area contributed by atoms with E-state index in [4.69, 9.17) is 4.74 Å². The van der Waals surface area contributed by atoms with Crippen LogP contribution in [0, 0.1) is 0 Å². The first-order valence-corrected chi connectivity index (χ1v) is 9.28. The van der Waals surface area contributed by atoms with Gasteiger partial charge in [0, 0.05) is 24.0 Å². The molecule has 7 heteroatoms. The van der Waals surface area contributed by atoms with Crippen LogP contribution in [0.4, 0.5) is 11.5 Å². The van der Waals surface area contributed by atoms with Gasteiger partial charge in [-0.25, -0.2) is 9.97 Å². The summed E-state index contributed by atoms with van der Waals surface area (Å²) in [6.45, 7) is 3.10. The molecule has 6 nitrogen and oxygen atoms in total. The number of nitrogens with zero attached hydrogens (tertiary/aromatic N) is 3. The second kappa shape index (κ2) is 7.63. The Kier molecular flexibility index (Phi) is 4.90. The summed E-state index contributed by atoms with van der Waals surface area (Å²) in [5.41, 5.74) is 2.46. The molecular formula is C19H18N4O2S. The average molecular weight is 366 g/mol. The standard InChI is InChI=1S/C19H18N4O2S/c24-18(19-22-16(13-26-19)14-4-2-1-3-5-14)21-15-6-7-17(20-12-15)23-8-10-25-11-9-23/h1-7,12-13H,8-11H2,(H,21,24). The summed E-state index contributed by atoms with van der Waals surface area (Å²) in [5, 5.41) is 5.18. The molecule has 0 atom stereocenters. The minimum atomic E-state index is -0.224. The average Bonchev–Trinajstić information content (AvgIpc) is 3.20. The molecule has 0 bridgehead atoms. The number of carbonyl (C=O) groups excluding carboxylic acids is 1. The molecule has 1 amide bonds. The quantitative estimate of drug-likeness (QED) is 0.767. The van der Waals surface area contributed by atoms with E-state index in [9.17, 15) is 4.79 Å². The Bertz CT molecular complexity index is 874. The number of pyridine rings is 1. The molecule has 1 aromatic carbocycles. The first kappa shape index (κ1) is 16.7. The minimum Gasteiger partial charge on any atom is -0.378 e. The smallest absolute Gasteiger partial charge is 0.284 e. The Morgan fingerprint density at radius 3 is 2.65 bits per heavy atom. The number of rotatable bonds is 4. The molecule has 1 saturated heterocycles. The molecule has 3 aromatic rings. The van der Waals surface area contributed by atoms with Crippen molar-refractivity contribution in [1.82, 2.24) is 9.97 Å². The number of morpholine rings is 1. The highest BCUT2D eigenvalue weighted by atomic mass is 32.1. The van der Waals surface area contributed by atoms with Crippen LogP contribution in [0.2, 0.25) is 0 Å². The van der Waals surface area contributed by atoms with E-state index < -0.39 is 0 Å². The zero-order valence-corrected chi connectivity index (χ0v) is 14.9. The Labute approximate surface area is 155 Å². The lowest BCUT2D eigenvalue weighted by Crippen LogP contribution is -2.36. The molecule has 0 aliphatic carbocycles. The van der Waals surface area contributed by atoms with Crippen LogP contribution in [0.5, 0.6) is 0 Å². The van der Waals surface area contributed by atoms with E-state index in [1.165, 1.54) is 11.3 Å². The van der Waals surface area contributed by atoms with Gasteiger partial charge in [0.25, 0.3) is 5.91 Å². The maximum atomic E-state index is 12.4. The number of amides is 1. The number of carbonyl (C=O) groups is 1. The van der Waals surface area contributed by atoms with Crippen molar-refractivity contribution in [1.29, 1.82) is 0 Å². The second-order valence-corrected chi connectivity index (χ2v) is 6.72. The van der Waals surface area contributed by atoms with Crippen molar-refractivity contribution < 1.29 is 9.53 Å². The number of hydrogen-bond acceptors (Lipinski definition) is 6. The van der Waals surface area contributed by atoms with Crippen molar-refractivity contribution in [2.75, 3.05) is 36.5 Å². The zero-order chi connectivity index (χ0) is 17.8. The lowest BCUT2D eigenvalue weighted by molar-refractivity contribution is 0.102. The number of anilines is 2. The van der Waals surface area contributed by atoms with Crippen LogP contribution in [0.25, 0.3) is 11.3 Å². The van der Waals surface area contributed by atoms with E-state index in [1.54, 1.807) is 6.20 Å². The molecule has 26 heavy (non-hydrogen) atoms. The lowest BCUT2D eigenvalue weighted by atomic mass is 10.2. The first-order valence-electron chi connectivity index (χ1n) is 8.41. The summed E-state index contributed by atoms with van der Waals surface area (Å²) in [7, 11) is 0. The van der Waals surface area contributed by atoms with Gasteiger partial charge in [-0.2, -0.15) is 0 Å². The summed E-state index contributed by atoms with van der Waals surface area (Å²) in [4.78, 5) is 23.5. The summed E-state index contributed by atoms with van der Waals surface area (Å²) in [6, 6.07) is 13.6. The SMILES string of the molecule is O=C(Nc1ccc(N2CCOCC2)nc1)c1nc(-c2ccccc2)cs1.